The van der Waals surface area contributed by atoms with Crippen LogP contribution in [0.15, 0.2) is 24.5 Å². The summed E-state index contributed by atoms with van der Waals surface area (Å²) in [4.78, 5) is 7.11. The van der Waals surface area contributed by atoms with Crippen molar-refractivity contribution in [2.24, 2.45) is 7.05 Å². The van der Waals surface area contributed by atoms with Gasteiger partial charge in [-0.15, -0.1) is 0 Å². The van der Waals surface area contributed by atoms with E-state index in [2.05, 4.69) is 52.5 Å². The summed E-state index contributed by atoms with van der Waals surface area (Å²) >= 11 is 0. The molecule has 0 radical (unpaired) electrons. The van der Waals surface area contributed by atoms with Crippen molar-refractivity contribution >= 4 is 5.82 Å². The molecule has 25 heavy (non-hydrogen) atoms. The van der Waals surface area contributed by atoms with Crippen LogP contribution in [0.1, 0.15) is 62.3 Å². The van der Waals surface area contributed by atoms with E-state index in [4.69, 9.17) is 0 Å². The molecule has 1 aliphatic heterocycles. The van der Waals surface area contributed by atoms with E-state index >= 15 is 0 Å². The Morgan fingerprint density at radius 2 is 1.84 bits per heavy atom. The minimum atomic E-state index is 0.451. The first-order valence-corrected chi connectivity index (χ1v) is 9.56. The summed E-state index contributed by atoms with van der Waals surface area (Å²) in [5, 5.41) is 8.09. The van der Waals surface area contributed by atoms with E-state index in [-0.39, 0.29) is 0 Å². The smallest absolute Gasteiger partial charge is 0.128 e. The molecule has 2 aromatic heterocycles. The first-order chi connectivity index (χ1) is 12.1. The fraction of sp³-hybridized carbons (Fsp3) is 0.600. The zero-order valence-electron chi connectivity index (χ0n) is 15.8. The quantitative estimate of drug-likeness (QED) is 0.872. The number of aromatic nitrogens is 3. The summed E-state index contributed by atoms with van der Waals surface area (Å²) in [6, 6.07) is 4.37. The molecular weight excluding hydrogens is 310 g/mol. The van der Waals surface area contributed by atoms with E-state index in [1.807, 2.05) is 17.9 Å². The normalized spacial score (nSPS) is 15.6. The van der Waals surface area contributed by atoms with Crippen molar-refractivity contribution in [3.8, 4) is 0 Å². The van der Waals surface area contributed by atoms with Crippen molar-refractivity contribution < 1.29 is 0 Å². The van der Waals surface area contributed by atoms with Crippen LogP contribution in [0, 0.1) is 0 Å². The van der Waals surface area contributed by atoms with Gasteiger partial charge < -0.3 is 10.2 Å². The summed E-state index contributed by atoms with van der Waals surface area (Å²) in [5.74, 6) is 1.58. The summed E-state index contributed by atoms with van der Waals surface area (Å²) in [6.07, 6.45) is 9.40. The van der Waals surface area contributed by atoms with Crippen LogP contribution < -0.4 is 10.2 Å². The monoisotopic (exact) mass is 341 g/mol. The molecule has 1 saturated heterocycles. The van der Waals surface area contributed by atoms with Gasteiger partial charge in [0.15, 0.2) is 0 Å². The van der Waals surface area contributed by atoms with Crippen LogP contribution in [-0.2, 0) is 20.1 Å². The molecule has 0 saturated carbocycles. The highest BCUT2D eigenvalue weighted by Crippen LogP contribution is 2.18. The predicted molar refractivity (Wildman–Crippen MR) is 103 cm³/mol. The van der Waals surface area contributed by atoms with Gasteiger partial charge in [-0.2, -0.15) is 5.10 Å². The first kappa shape index (κ1) is 17.9. The number of nitrogens with zero attached hydrogens (tertiary/aromatic N) is 4. The molecule has 1 aliphatic rings. The second-order valence-electron chi connectivity index (χ2n) is 7.40. The highest BCUT2D eigenvalue weighted by atomic mass is 15.3. The van der Waals surface area contributed by atoms with Crippen molar-refractivity contribution in [1.82, 2.24) is 20.1 Å². The Labute approximate surface area is 151 Å². The summed E-state index contributed by atoms with van der Waals surface area (Å²) in [6.45, 7) is 8.34. The molecule has 1 fully saturated rings. The minimum absolute atomic E-state index is 0.451. The lowest BCUT2D eigenvalue weighted by Gasteiger charge is -2.21. The molecule has 0 bridgehead atoms. The van der Waals surface area contributed by atoms with Gasteiger partial charge in [0.25, 0.3) is 0 Å². The molecular formula is C20H31N5. The molecule has 5 nitrogen and oxygen atoms in total. The van der Waals surface area contributed by atoms with Gasteiger partial charge in [-0.25, -0.2) is 4.98 Å². The van der Waals surface area contributed by atoms with Gasteiger partial charge in [-0.1, -0.05) is 32.8 Å². The average molecular weight is 342 g/mol. The third-order valence-electron chi connectivity index (χ3n) is 4.87. The van der Waals surface area contributed by atoms with Crippen LogP contribution >= 0.6 is 0 Å². The molecule has 2 aromatic rings. The molecule has 0 aliphatic carbocycles. The maximum absolute atomic E-state index is 4.69. The van der Waals surface area contributed by atoms with Gasteiger partial charge in [-0.3, -0.25) is 4.68 Å². The summed E-state index contributed by atoms with van der Waals surface area (Å²) in [5.41, 5.74) is 3.70. The lowest BCUT2D eigenvalue weighted by atomic mass is 10.1. The average Bonchev–Trinajstić information content (AvgIpc) is 2.81. The Hall–Kier alpha value is -1.88. The molecule has 3 heterocycles. The summed E-state index contributed by atoms with van der Waals surface area (Å²) < 4.78 is 1.91. The van der Waals surface area contributed by atoms with Crippen LogP contribution in [0.3, 0.4) is 0 Å². The standard InChI is InChI=1S/C20H31N5/c1-16(2)20-18(15-24(3)23-20)14-21-12-17-8-9-19(22-13-17)25-10-6-4-5-7-11-25/h8-9,13,15-16,21H,4-7,10-12,14H2,1-3H3. The zero-order valence-corrected chi connectivity index (χ0v) is 15.8. The van der Waals surface area contributed by atoms with Gasteiger partial charge in [0.1, 0.15) is 5.82 Å². The molecule has 0 aromatic carbocycles. The van der Waals surface area contributed by atoms with Crippen LogP contribution in [0.4, 0.5) is 5.82 Å². The molecule has 0 unspecified atom stereocenters. The Bertz CT molecular complexity index is 651. The number of anilines is 1. The summed E-state index contributed by atoms with van der Waals surface area (Å²) in [7, 11) is 1.99. The van der Waals surface area contributed by atoms with Crippen LogP contribution in [-0.4, -0.2) is 27.9 Å². The third-order valence-corrected chi connectivity index (χ3v) is 4.87. The second-order valence-corrected chi connectivity index (χ2v) is 7.40. The van der Waals surface area contributed by atoms with E-state index in [1.54, 1.807) is 0 Å². The van der Waals surface area contributed by atoms with Crippen molar-refractivity contribution in [2.75, 3.05) is 18.0 Å². The van der Waals surface area contributed by atoms with Crippen LogP contribution in [0.2, 0.25) is 0 Å². The Kier molecular flexibility index (Phi) is 6.08. The van der Waals surface area contributed by atoms with Crippen molar-refractivity contribution in [2.45, 2.75) is 58.5 Å². The van der Waals surface area contributed by atoms with E-state index < -0.39 is 0 Å². The lowest BCUT2D eigenvalue weighted by Crippen LogP contribution is -2.24. The maximum Gasteiger partial charge on any atom is 0.128 e. The fourth-order valence-electron chi connectivity index (χ4n) is 3.53. The number of hydrogen-bond donors (Lipinski definition) is 1. The third kappa shape index (κ3) is 4.82. The molecule has 1 N–H and O–H groups in total. The number of nitrogens with one attached hydrogen (secondary N) is 1. The van der Waals surface area contributed by atoms with Gasteiger partial charge in [0, 0.05) is 51.2 Å². The molecule has 5 heteroatoms. The van der Waals surface area contributed by atoms with E-state index in [0.717, 1.165) is 32.0 Å². The number of rotatable bonds is 6. The van der Waals surface area contributed by atoms with Gasteiger partial charge in [-0.05, 0) is 30.4 Å². The molecule has 3 rings (SSSR count). The predicted octanol–water partition coefficient (Wildman–Crippen LogP) is 3.61. The lowest BCUT2D eigenvalue weighted by molar-refractivity contribution is 0.676. The topological polar surface area (TPSA) is 46.0 Å². The largest absolute Gasteiger partial charge is 0.357 e. The van der Waals surface area contributed by atoms with Gasteiger partial charge >= 0.3 is 0 Å². The Balaban J connectivity index is 1.53. The minimum Gasteiger partial charge on any atom is -0.357 e. The van der Waals surface area contributed by atoms with Crippen molar-refractivity contribution in [3.63, 3.8) is 0 Å². The van der Waals surface area contributed by atoms with Crippen LogP contribution in [0.25, 0.3) is 0 Å². The number of aryl methyl sites for hydroxylation is 1. The Morgan fingerprint density at radius 3 is 2.48 bits per heavy atom. The highest BCUT2D eigenvalue weighted by molar-refractivity contribution is 5.39. The zero-order chi connectivity index (χ0) is 17.6. The van der Waals surface area contributed by atoms with Crippen molar-refractivity contribution in [1.29, 1.82) is 0 Å². The molecule has 0 atom stereocenters. The van der Waals surface area contributed by atoms with E-state index in [0.29, 0.717) is 5.92 Å². The van der Waals surface area contributed by atoms with Gasteiger partial charge in [0.05, 0.1) is 5.69 Å². The van der Waals surface area contributed by atoms with Gasteiger partial charge in [0.2, 0.25) is 0 Å². The van der Waals surface area contributed by atoms with Crippen molar-refractivity contribution in [3.05, 3.63) is 41.3 Å². The number of hydrogen-bond acceptors (Lipinski definition) is 4. The second kappa shape index (κ2) is 8.48. The highest BCUT2D eigenvalue weighted by Gasteiger charge is 2.12. The van der Waals surface area contributed by atoms with E-state index in [1.165, 1.54) is 42.5 Å². The molecule has 0 amide bonds. The van der Waals surface area contributed by atoms with E-state index in [9.17, 15) is 0 Å². The molecule has 136 valence electrons. The number of pyridine rings is 1. The maximum atomic E-state index is 4.69. The Morgan fingerprint density at radius 1 is 1.08 bits per heavy atom. The fourth-order valence-corrected chi connectivity index (χ4v) is 3.53. The molecule has 0 spiro atoms. The first-order valence-electron chi connectivity index (χ1n) is 9.56. The SMILES string of the molecule is CC(C)c1nn(C)cc1CNCc1ccc(N2CCCCCC2)nc1. The van der Waals surface area contributed by atoms with Crippen LogP contribution in [0.5, 0.6) is 0 Å².